The molecule has 0 fully saturated rings. The summed E-state index contributed by atoms with van der Waals surface area (Å²) in [4.78, 5) is 16.4. The van der Waals surface area contributed by atoms with Gasteiger partial charge in [0.15, 0.2) is 0 Å². The van der Waals surface area contributed by atoms with Gasteiger partial charge in [-0.3, -0.25) is 4.79 Å². The minimum atomic E-state index is -0.234. The summed E-state index contributed by atoms with van der Waals surface area (Å²) in [5, 5.41) is 15.4. The molecule has 0 saturated carbocycles. The molecule has 1 aromatic heterocycles. The van der Waals surface area contributed by atoms with Crippen LogP contribution < -0.4 is 10.6 Å². The topological polar surface area (TPSA) is 74.2 Å². The first-order chi connectivity index (χ1) is 11.1. The Kier molecular flexibility index (Phi) is 5.97. The third-order valence-corrected chi connectivity index (χ3v) is 3.66. The van der Waals surface area contributed by atoms with Crippen molar-refractivity contribution in [3.05, 3.63) is 53.7 Å². The highest BCUT2D eigenvalue weighted by Gasteiger charge is 2.14. The van der Waals surface area contributed by atoms with Gasteiger partial charge in [-0.25, -0.2) is 4.98 Å². The van der Waals surface area contributed by atoms with E-state index in [1.807, 2.05) is 32.2 Å². The van der Waals surface area contributed by atoms with Crippen molar-refractivity contribution in [2.75, 3.05) is 18.4 Å². The number of rotatable bonds is 7. The molecular weight excluding hydrogens is 290 g/mol. The Hall–Kier alpha value is -2.56. The first-order valence-corrected chi connectivity index (χ1v) is 7.79. The Bertz CT molecular complexity index is 624. The molecule has 23 heavy (non-hydrogen) atoms. The van der Waals surface area contributed by atoms with Crippen molar-refractivity contribution in [1.29, 1.82) is 0 Å². The van der Waals surface area contributed by atoms with Crippen molar-refractivity contribution in [3.8, 4) is 5.75 Å². The second kappa shape index (κ2) is 8.17. The van der Waals surface area contributed by atoms with Gasteiger partial charge in [-0.1, -0.05) is 18.2 Å². The number of phenols is 1. The van der Waals surface area contributed by atoms with Gasteiger partial charge in [0.25, 0.3) is 0 Å². The molecule has 5 heteroatoms. The van der Waals surface area contributed by atoms with Crippen LogP contribution in [0.25, 0.3) is 0 Å². The number of carbonyl (C=O) groups excluding carboxylic acids is 1. The van der Waals surface area contributed by atoms with E-state index in [1.54, 1.807) is 24.3 Å². The lowest BCUT2D eigenvalue weighted by molar-refractivity contribution is -0.122. The molecule has 2 aromatic rings. The van der Waals surface area contributed by atoms with Crippen molar-refractivity contribution in [3.63, 3.8) is 0 Å². The molecule has 1 unspecified atom stereocenters. The molecule has 0 aliphatic carbocycles. The molecule has 2 rings (SSSR count). The van der Waals surface area contributed by atoms with Gasteiger partial charge >= 0.3 is 0 Å². The molecule has 0 bridgehead atoms. The van der Waals surface area contributed by atoms with Gasteiger partial charge in [-0.05, 0) is 49.6 Å². The number of nitrogens with one attached hydrogen (secondary N) is 2. The van der Waals surface area contributed by atoms with E-state index >= 15 is 0 Å². The molecule has 1 aromatic carbocycles. The van der Waals surface area contributed by atoms with Crippen LogP contribution >= 0.6 is 0 Å². The van der Waals surface area contributed by atoms with E-state index in [0.29, 0.717) is 6.54 Å². The second-order valence-electron chi connectivity index (χ2n) is 5.61. The van der Waals surface area contributed by atoms with Crippen LogP contribution in [0.2, 0.25) is 0 Å². The van der Waals surface area contributed by atoms with Gasteiger partial charge in [-0.15, -0.1) is 0 Å². The van der Waals surface area contributed by atoms with E-state index in [4.69, 9.17) is 0 Å². The maximum Gasteiger partial charge on any atom is 0.227 e. The third-order valence-electron chi connectivity index (χ3n) is 3.66. The lowest BCUT2D eigenvalue weighted by atomic mass is 10.0. The molecule has 0 spiro atoms. The lowest BCUT2D eigenvalue weighted by Gasteiger charge is -2.13. The highest BCUT2D eigenvalue weighted by molar-refractivity contribution is 5.83. The largest absolute Gasteiger partial charge is 0.508 e. The van der Waals surface area contributed by atoms with Gasteiger partial charge in [0.1, 0.15) is 11.6 Å². The number of phenolic OH excluding ortho intramolecular Hbond substituents is 1. The minimum absolute atomic E-state index is 0.0100. The van der Waals surface area contributed by atoms with Gasteiger partial charge in [0, 0.05) is 19.3 Å². The van der Waals surface area contributed by atoms with Crippen LogP contribution in [0.3, 0.4) is 0 Å². The van der Waals surface area contributed by atoms with Crippen LogP contribution in [0.1, 0.15) is 30.4 Å². The maximum absolute atomic E-state index is 12.1. The SMILES string of the molecule is Cc1ccc(NCCCNC(=O)C(C)c2ccc(O)cc2)nc1. The van der Waals surface area contributed by atoms with E-state index in [1.165, 1.54) is 0 Å². The predicted octanol–water partition coefficient (Wildman–Crippen LogP) is 2.82. The number of aromatic nitrogens is 1. The summed E-state index contributed by atoms with van der Waals surface area (Å²) in [5.74, 6) is 0.808. The van der Waals surface area contributed by atoms with E-state index in [-0.39, 0.29) is 17.6 Å². The summed E-state index contributed by atoms with van der Waals surface area (Å²) >= 11 is 0. The zero-order chi connectivity index (χ0) is 16.7. The summed E-state index contributed by atoms with van der Waals surface area (Å²) in [6.07, 6.45) is 2.65. The molecule has 3 N–H and O–H groups in total. The van der Waals surface area contributed by atoms with Crippen LogP contribution in [-0.4, -0.2) is 29.1 Å². The molecule has 1 heterocycles. The Labute approximate surface area is 136 Å². The smallest absolute Gasteiger partial charge is 0.227 e. The van der Waals surface area contributed by atoms with E-state index in [2.05, 4.69) is 15.6 Å². The van der Waals surface area contributed by atoms with Gasteiger partial charge in [0.2, 0.25) is 5.91 Å². The Morgan fingerprint density at radius 3 is 2.57 bits per heavy atom. The fourth-order valence-electron chi connectivity index (χ4n) is 2.16. The third kappa shape index (κ3) is 5.29. The molecule has 0 aliphatic heterocycles. The maximum atomic E-state index is 12.1. The molecular formula is C18H23N3O2. The average molecular weight is 313 g/mol. The quantitative estimate of drug-likeness (QED) is 0.687. The Balaban J connectivity index is 1.68. The number of aromatic hydroxyl groups is 1. The van der Waals surface area contributed by atoms with Crippen LogP contribution in [0, 0.1) is 6.92 Å². The number of hydrogen-bond acceptors (Lipinski definition) is 4. The fraction of sp³-hybridized carbons (Fsp3) is 0.333. The first-order valence-electron chi connectivity index (χ1n) is 7.79. The van der Waals surface area contributed by atoms with Gasteiger partial charge < -0.3 is 15.7 Å². The van der Waals surface area contributed by atoms with Crippen molar-refractivity contribution >= 4 is 11.7 Å². The molecule has 0 saturated heterocycles. The van der Waals surface area contributed by atoms with E-state index in [0.717, 1.165) is 29.9 Å². The van der Waals surface area contributed by atoms with Crippen molar-refractivity contribution in [2.45, 2.75) is 26.2 Å². The van der Waals surface area contributed by atoms with Crippen molar-refractivity contribution in [1.82, 2.24) is 10.3 Å². The van der Waals surface area contributed by atoms with Crippen LogP contribution in [-0.2, 0) is 4.79 Å². The molecule has 122 valence electrons. The summed E-state index contributed by atoms with van der Waals surface area (Å²) < 4.78 is 0. The summed E-state index contributed by atoms with van der Waals surface area (Å²) in [6, 6.07) is 10.7. The van der Waals surface area contributed by atoms with Crippen LogP contribution in [0.4, 0.5) is 5.82 Å². The van der Waals surface area contributed by atoms with Crippen molar-refractivity contribution < 1.29 is 9.90 Å². The van der Waals surface area contributed by atoms with Crippen LogP contribution in [0.5, 0.6) is 5.75 Å². The lowest BCUT2D eigenvalue weighted by Crippen LogP contribution is -2.29. The first kappa shape index (κ1) is 16.8. The number of pyridine rings is 1. The number of benzene rings is 1. The van der Waals surface area contributed by atoms with E-state index < -0.39 is 0 Å². The Morgan fingerprint density at radius 1 is 1.17 bits per heavy atom. The van der Waals surface area contributed by atoms with E-state index in [9.17, 15) is 9.90 Å². The summed E-state index contributed by atoms with van der Waals surface area (Å²) in [5.41, 5.74) is 2.02. The van der Waals surface area contributed by atoms with Crippen LogP contribution in [0.15, 0.2) is 42.6 Å². The highest BCUT2D eigenvalue weighted by atomic mass is 16.3. The Morgan fingerprint density at radius 2 is 1.91 bits per heavy atom. The summed E-state index contributed by atoms with van der Waals surface area (Å²) in [7, 11) is 0. The normalized spacial score (nSPS) is 11.7. The predicted molar refractivity (Wildman–Crippen MR) is 91.6 cm³/mol. The second-order valence-corrected chi connectivity index (χ2v) is 5.61. The minimum Gasteiger partial charge on any atom is -0.508 e. The number of amides is 1. The monoisotopic (exact) mass is 313 g/mol. The molecule has 0 radical (unpaired) electrons. The number of aryl methyl sites for hydroxylation is 1. The highest BCUT2D eigenvalue weighted by Crippen LogP contribution is 2.18. The number of anilines is 1. The average Bonchev–Trinajstić information content (AvgIpc) is 2.56. The molecule has 1 atom stereocenters. The van der Waals surface area contributed by atoms with Gasteiger partial charge in [0.05, 0.1) is 5.92 Å². The number of nitrogens with zero attached hydrogens (tertiary/aromatic N) is 1. The van der Waals surface area contributed by atoms with Gasteiger partial charge in [-0.2, -0.15) is 0 Å². The zero-order valence-corrected chi connectivity index (χ0v) is 13.5. The zero-order valence-electron chi connectivity index (χ0n) is 13.5. The molecule has 5 nitrogen and oxygen atoms in total. The fourth-order valence-corrected chi connectivity index (χ4v) is 2.16. The standard InChI is InChI=1S/C18H23N3O2/c1-13-4-9-17(21-12-13)19-10-3-11-20-18(23)14(2)15-5-7-16(22)8-6-15/h4-9,12,14,22H,3,10-11H2,1-2H3,(H,19,21)(H,20,23). The molecule has 1 amide bonds. The van der Waals surface area contributed by atoms with Crippen molar-refractivity contribution in [2.24, 2.45) is 0 Å². The number of carbonyl (C=O) groups is 1. The summed E-state index contributed by atoms with van der Waals surface area (Å²) in [6.45, 7) is 5.22. The number of hydrogen-bond donors (Lipinski definition) is 3. The molecule has 0 aliphatic rings.